The van der Waals surface area contributed by atoms with Crippen LogP contribution in [0.2, 0.25) is 0 Å². The minimum Gasteiger partial charge on any atom is -0.391 e. The molecule has 2 unspecified atom stereocenters. The van der Waals surface area contributed by atoms with Crippen molar-refractivity contribution >= 4 is 11.7 Å². The van der Waals surface area contributed by atoms with E-state index in [1.54, 1.807) is 11.9 Å². The smallest absolute Gasteiger partial charge is 0.317 e. The van der Waals surface area contributed by atoms with Crippen molar-refractivity contribution in [1.82, 2.24) is 10.2 Å². The summed E-state index contributed by atoms with van der Waals surface area (Å²) in [6.07, 6.45) is 2.76. The molecule has 3 rings (SSSR count). The van der Waals surface area contributed by atoms with Crippen molar-refractivity contribution < 1.29 is 9.90 Å². The molecule has 1 aliphatic heterocycles. The van der Waals surface area contributed by atoms with Crippen molar-refractivity contribution in [2.75, 3.05) is 31.6 Å². The SMILES string of the molecule is CN(CC(O)C1CC1)C(=O)NC1CCN(c2ccccc2)C1. The number of aliphatic hydroxyl groups excluding tert-OH is 1. The van der Waals surface area contributed by atoms with Crippen LogP contribution >= 0.6 is 0 Å². The minimum absolute atomic E-state index is 0.0837. The Balaban J connectivity index is 1.46. The van der Waals surface area contributed by atoms with E-state index in [9.17, 15) is 9.90 Å². The van der Waals surface area contributed by atoms with Gasteiger partial charge in [0.15, 0.2) is 0 Å². The van der Waals surface area contributed by atoms with E-state index in [1.165, 1.54) is 5.69 Å². The van der Waals surface area contributed by atoms with E-state index in [0.717, 1.165) is 32.4 Å². The third-order valence-electron chi connectivity index (χ3n) is 4.61. The number of nitrogens with one attached hydrogen (secondary N) is 1. The zero-order valence-corrected chi connectivity index (χ0v) is 13.1. The van der Waals surface area contributed by atoms with Gasteiger partial charge < -0.3 is 20.2 Å². The van der Waals surface area contributed by atoms with Crippen molar-refractivity contribution in [2.24, 2.45) is 5.92 Å². The minimum atomic E-state index is -0.375. The lowest BCUT2D eigenvalue weighted by molar-refractivity contribution is 0.113. The number of para-hydroxylation sites is 1. The highest BCUT2D eigenvalue weighted by Crippen LogP contribution is 2.32. The van der Waals surface area contributed by atoms with Gasteiger partial charge in [-0.05, 0) is 37.3 Å². The molecule has 2 amide bonds. The summed E-state index contributed by atoms with van der Waals surface area (Å²) in [5.74, 6) is 0.398. The normalized spacial score (nSPS) is 22.5. The molecule has 1 heterocycles. The third kappa shape index (κ3) is 3.71. The van der Waals surface area contributed by atoms with Gasteiger partial charge in [0.05, 0.1) is 6.10 Å². The maximum atomic E-state index is 12.2. The maximum Gasteiger partial charge on any atom is 0.317 e. The second kappa shape index (κ2) is 6.57. The van der Waals surface area contributed by atoms with Gasteiger partial charge >= 0.3 is 6.03 Å². The molecule has 2 aliphatic rings. The van der Waals surface area contributed by atoms with Crippen LogP contribution in [0.3, 0.4) is 0 Å². The van der Waals surface area contributed by atoms with Gasteiger partial charge in [0.1, 0.15) is 0 Å². The Labute approximate surface area is 131 Å². The largest absolute Gasteiger partial charge is 0.391 e. The first-order valence-electron chi connectivity index (χ1n) is 8.13. The van der Waals surface area contributed by atoms with Gasteiger partial charge in [0.2, 0.25) is 0 Å². The van der Waals surface area contributed by atoms with Crippen LogP contribution in [0.25, 0.3) is 0 Å². The molecule has 2 atom stereocenters. The van der Waals surface area contributed by atoms with Gasteiger partial charge in [-0.3, -0.25) is 0 Å². The standard InChI is InChI=1S/C17H25N3O2/c1-19(12-16(21)13-7-8-13)17(22)18-14-9-10-20(11-14)15-5-3-2-4-6-15/h2-6,13-14,16,21H,7-12H2,1H3,(H,18,22). The van der Waals surface area contributed by atoms with Crippen LogP contribution in [-0.4, -0.2) is 54.9 Å². The number of hydrogen-bond donors (Lipinski definition) is 2. The molecule has 1 aromatic rings. The Kier molecular flexibility index (Phi) is 4.52. The first-order valence-corrected chi connectivity index (χ1v) is 8.13. The maximum absolute atomic E-state index is 12.2. The summed E-state index contributed by atoms with van der Waals surface area (Å²) in [6.45, 7) is 2.23. The molecule has 0 aromatic heterocycles. The fraction of sp³-hybridized carbons (Fsp3) is 0.588. The number of likely N-dealkylation sites (N-methyl/N-ethyl adjacent to an activating group) is 1. The summed E-state index contributed by atoms with van der Waals surface area (Å²) in [5, 5.41) is 13.0. The van der Waals surface area contributed by atoms with Gasteiger partial charge in [-0.1, -0.05) is 18.2 Å². The quantitative estimate of drug-likeness (QED) is 0.870. The molecule has 1 aliphatic carbocycles. The van der Waals surface area contributed by atoms with Crippen LogP contribution in [0.15, 0.2) is 30.3 Å². The molecule has 0 bridgehead atoms. The van der Waals surface area contributed by atoms with Crippen molar-refractivity contribution in [1.29, 1.82) is 0 Å². The summed E-state index contributed by atoms with van der Waals surface area (Å²) in [6, 6.07) is 10.4. The Morgan fingerprint density at radius 1 is 1.36 bits per heavy atom. The average Bonchev–Trinajstić information content (AvgIpc) is 3.28. The molecule has 2 fully saturated rings. The molecule has 1 saturated heterocycles. The predicted molar refractivity (Wildman–Crippen MR) is 87.0 cm³/mol. The topological polar surface area (TPSA) is 55.8 Å². The van der Waals surface area contributed by atoms with Gasteiger partial charge in [0, 0.05) is 38.4 Å². The number of rotatable bonds is 5. The number of anilines is 1. The van der Waals surface area contributed by atoms with Crippen LogP contribution in [0.1, 0.15) is 19.3 Å². The number of nitrogens with zero attached hydrogens (tertiary/aromatic N) is 2. The lowest BCUT2D eigenvalue weighted by atomic mass is 10.2. The van der Waals surface area contributed by atoms with E-state index >= 15 is 0 Å². The Morgan fingerprint density at radius 3 is 2.77 bits per heavy atom. The van der Waals surface area contributed by atoms with Crippen LogP contribution in [0.5, 0.6) is 0 Å². The van der Waals surface area contributed by atoms with E-state index in [-0.39, 0.29) is 18.2 Å². The molecule has 0 spiro atoms. The summed E-state index contributed by atoms with van der Waals surface area (Å²) in [5.41, 5.74) is 1.21. The molecule has 5 heteroatoms. The van der Waals surface area contributed by atoms with Gasteiger partial charge in [0.25, 0.3) is 0 Å². The number of urea groups is 1. The van der Waals surface area contributed by atoms with E-state index in [2.05, 4.69) is 22.3 Å². The molecular weight excluding hydrogens is 278 g/mol. The fourth-order valence-corrected chi connectivity index (χ4v) is 3.03. The first-order chi connectivity index (χ1) is 10.6. The molecule has 1 aromatic carbocycles. The molecule has 5 nitrogen and oxygen atoms in total. The van der Waals surface area contributed by atoms with E-state index in [0.29, 0.717) is 12.5 Å². The average molecular weight is 303 g/mol. The predicted octanol–water partition coefficient (Wildman–Crippen LogP) is 1.68. The van der Waals surface area contributed by atoms with Crippen LogP contribution in [-0.2, 0) is 0 Å². The Morgan fingerprint density at radius 2 is 2.09 bits per heavy atom. The van der Waals surface area contributed by atoms with Crippen LogP contribution in [0, 0.1) is 5.92 Å². The van der Waals surface area contributed by atoms with Gasteiger partial charge in [-0.25, -0.2) is 4.79 Å². The zero-order valence-electron chi connectivity index (χ0n) is 13.1. The van der Waals surface area contributed by atoms with Crippen molar-refractivity contribution in [2.45, 2.75) is 31.4 Å². The summed E-state index contributed by atoms with van der Waals surface area (Å²) in [4.78, 5) is 16.1. The molecule has 22 heavy (non-hydrogen) atoms. The van der Waals surface area contributed by atoms with E-state index in [1.807, 2.05) is 18.2 Å². The number of carbonyl (C=O) groups excluding carboxylic acids is 1. The number of hydrogen-bond acceptors (Lipinski definition) is 3. The third-order valence-corrected chi connectivity index (χ3v) is 4.61. The van der Waals surface area contributed by atoms with Crippen molar-refractivity contribution in [3.8, 4) is 0 Å². The second-order valence-electron chi connectivity index (χ2n) is 6.50. The van der Waals surface area contributed by atoms with Crippen molar-refractivity contribution in [3.63, 3.8) is 0 Å². The number of benzene rings is 1. The molecule has 1 saturated carbocycles. The highest BCUT2D eigenvalue weighted by molar-refractivity contribution is 5.74. The summed E-state index contributed by atoms with van der Waals surface area (Å²) >= 11 is 0. The molecular formula is C17H25N3O2. The second-order valence-corrected chi connectivity index (χ2v) is 6.50. The lowest BCUT2D eigenvalue weighted by Crippen LogP contribution is -2.46. The fourth-order valence-electron chi connectivity index (χ4n) is 3.03. The monoisotopic (exact) mass is 303 g/mol. The summed E-state index contributed by atoms with van der Waals surface area (Å²) in [7, 11) is 1.75. The number of carbonyl (C=O) groups is 1. The van der Waals surface area contributed by atoms with Crippen LogP contribution in [0.4, 0.5) is 10.5 Å². The Hall–Kier alpha value is -1.75. The van der Waals surface area contributed by atoms with E-state index in [4.69, 9.17) is 0 Å². The first kappa shape index (κ1) is 15.2. The zero-order chi connectivity index (χ0) is 15.5. The van der Waals surface area contributed by atoms with E-state index < -0.39 is 0 Å². The van der Waals surface area contributed by atoms with Gasteiger partial charge in [-0.15, -0.1) is 0 Å². The molecule has 120 valence electrons. The molecule has 0 radical (unpaired) electrons. The summed E-state index contributed by atoms with van der Waals surface area (Å²) < 4.78 is 0. The van der Waals surface area contributed by atoms with Crippen molar-refractivity contribution in [3.05, 3.63) is 30.3 Å². The Bertz CT molecular complexity index is 504. The van der Waals surface area contributed by atoms with Gasteiger partial charge in [-0.2, -0.15) is 0 Å². The number of amides is 2. The number of aliphatic hydroxyl groups is 1. The highest BCUT2D eigenvalue weighted by atomic mass is 16.3. The highest BCUT2D eigenvalue weighted by Gasteiger charge is 2.32. The lowest BCUT2D eigenvalue weighted by Gasteiger charge is -2.24. The van der Waals surface area contributed by atoms with Crippen LogP contribution < -0.4 is 10.2 Å². The molecule has 2 N–H and O–H groups in total.